The zero-order valence-electron chi connectivity index (χ0n) is 12.0. The highest BCUT2D eigenvalue weighted by molar-refractivity contribution is 6.30. The van der Waals surface area contributed by atoms with Crippen molar-refractivity contribution < 1.29 is 9.59 Å². The zero-order chi connectivity index (χ0) is 16.2. The van der Waals surface area contributed by atoms with Crippen molar-refractivity contribution in [2.24, 2.45) is 0 Å². The van der Waals surface area contributed by atoms with Gasteiger partial charge in [-0.15, -0.1) is 0 Å². The molecule has 3 rings (SSSR count). The molecule has 0 fully saturated rings. The van der Waals surface area contributed by atoms with Crippen LogP contribution in [-0.4, -0.2) is 28.6 Å². The predicted octanol–water partition coefficient (Wildman–Crippen LogP) is 2.58. The first-order chi connectivity index (χ1) is 11.1. The number of fused-ring (bicyclic) bond motifs is 1. The monoisotopic (exact) mass is 328 g/mol. The van der Waals surface area contributed by atoms with E-state index in [1.165, 1.54) is 0 Å². The Labute approximate surface area is 136 Å². The van der Waals surface area contributed by atoms with Crippen LogP contribution in [0.1, 0.15) is 10.5 Å². The number of halogens is 1. The van der Waals surface area contributed by atoms with Crippen LogP contribution in [0.15, 0.2) is 48.5 Å². The molecule has 0 saturated carbocycles. The lowest BCUT2D eigenvalue weighted by Gasteiger charge is -2.06. The number of hydrogen-bond donors (Lipinski definition) is 3. The second-order valence-electron chi connectivity index (χ2n) is 4.86. The molecule has 0 aliphatic rings. The quantitative estimate of drug-likeness (QED) is 0.688. The van der Waals surface area contributed by atoms with Gasteiger partial charge in [0.2, 0.25) is 5.91 Å². The molecule has 116 valence electrons. The first kappa shape index (κ1) is 15.1. The number of para-hydroxylation sites is 1. The van der Waals surface area contributed by atoms with Gasteiger partial charge in [-0.25, -0.2) is 0 Å². The summed E-state index contributed by atoms with van der Waals surface area (Å²) in [5, 5.41) is 13.2. The Bertz CT molecular complexity index is 875. The molecule has 2 aromatic carbocycles. The number of benzene rings is 2. The Morgan fingerprint density at radius 3 is 2.78 bits per heavy atom. The van der Waals surface area contributed by atoms with Gasteiger partial charge in [-0.2, -0.15) is 5.10 Å². The Morgan fingerprint density at radius 2 is 1.96 bits per heavy atom. The highest BCUT2D eigenvalue weighted by atomic mass is 35.5. The van der Waals surface area contributed by atoms with E-state index in [1.807, 2.05) is 18.2 Å². The van der Waals surface area contributed by atoms with Gasteiger partial charge in [0.1, 0.15) is 0 Å². The summed E-state index contributed by atoms with van der Waals surface area (Å²) in [6.45, 7) is -0.160. The van der Waals surface area contributed by atoms with E-state index in [0.717, 1.165) is 5.52 Å². The molecule has 3 aromatic rings. The summed E-state index contributed by atoms with van der Waals surface area (Å²) in [6.07, 6.45) is 0. The zero-order valence-corrected chi connectivity index (χ0v) is 12.7. The summed E-state index contributed by atoms with van der Waals surface area (Å²) >= 11 is 5.85. The van der Waals surface area contributed by atoms with E-state index in [0.29, 0.717) is 16.1 Å². The number of nitrogens with zero attached hydrogens (tertiary/aromatic N) is 1. The lowest BCUT2D eigenvalue weighted by Crippen LogP contribution is -2.33. The van der Waals surface area contributed by atoms with Gasteiger partial charge in [-0.1, -0.05) is 35.9 Å². The van der Waals surface area contributed by atoms with Crippen molar-refractivity contribution in [1.29, 1.82) is 0 Å². The molecule has 23 heavy (non-hydrogen) atoms. The maximum atomic E-state index is 12.1. The fourth-order valence-electron chi connectivity index (χ4n) is 2.15. The number of carbonyl (C=O) groups is 2. The fourth-order valence-corrected chi connectivity index (χ4v) is 2.34. The Kier molecular flexibility index (Phi) is 4.25. The molecule has 0 atom stereocenters. The van der Waals surface area contributed by atoms with Gasteiger partial charge in [0, 0.05) is 16.1 Å². The van der Waals surface area contributed by atoms with E-state index in [-0.39, 0.29) is 18.1 Å². The third-order valence-electron chi connectivity index (χ3n) is 3.20. The number of nitrogens with one attached hydrogen (secondary N) is 3. The highest BCUT2D eigenvalue weighted by Gasteiger charge is 2.14. The van der Waals surface area contributed by atoms with Crippen molar-refractivity contribution in [3.8, 4) is 0 Å². The third kappa shape index (κ3) is 3.49. The van der Waals surface area contributed by atoms with E-state index >= 15 is 0 Å². The van der Waals surface area contributed by atoms with Gasteiger partial charge in [0.15, 0.2) is 5.69 Å². The largest absolute Gasteiger partial charge is 0.342 e. The number of rotatable bonds is 4. The smallest absolute Gasteiger partial charge is 0.272 e. The molecule has 0 aliphatic heterocycles. The maximum Gasteiger partial charge on any atom is 0.272 e. The second kappa shape index (κ2) is 6.50. The van der Waals surface area contributed by atoms with Crippen molar-refractivity contribution in [3.05, 3.63) is 59.2 Å². The van der Waals surface area contributed by atoms with E-state index in [2.05, 4.69) is 20.8 Å². The highest BCUT2D eigenvalue weighted by Crippen LogP contribution is 2.15. The molecule has 0 unspecified atom stereocenters. The van der Waals surface area contributed by atoms with Crippen LogP contribution in [0.3, 0.4) is 0 Å². The van der Waals surface area contributed by atoms with Gasteiger partial charge in [0.25, 0.3) is 5.91 Å². The minimum Gasteiger partial charge on any atom is -0.342 e. The molecule has 1 aromatic heterocycles. The van der Waals surface area contributed by atoms with Crippen LogP contribution in [0.4, 0.5) is 5.69 Å². The average Bonchev–Trinajstić information content (AvgIpc) is 2.97. The van der Waals surface area contributed by atoms with Crippen LogP contribution in [0.5, 0.6) is 0 Å². The molecule has 0 radical (unpaired) electrons. The van der Waals surface area contributed by atoms with Gasteiger partial charge in [0.05, 0.1) is 12.1 Å². The molecule has 0 aliphatic carbocycles. The number of carbonyl (C=O) groups excluding carboxylic acids is 2. The number of hydrogen-bond acceptors (Lipinski definition) is 3. The minimum absolute atomic E-state index is 0.160. The number of aromatic nitrogens is 2. The molecule has 1 heterocycles. The van der Waals surface area contributed by atoms with Crippen molar-refractivity contribution >= 4 is 40.0 Å². The average molecular weight is 329 g/mol. The summed E-state index contributed by atoms with van der Waals surface area (Å²) in [7, 11) is 0. The van der Waals surface area contributed by atoms with Crippen LogP contribution in [0.25, 0.3) is 10.9 Å². The summed E-state index contributed by atoms with van der Waals surface area (Å²) in [5.41, 5.74) is 1.60. The first-order valence-corrected chi connectivity index (χ1v) is 7.28. The lowest BCUT2D eigenvalue weighted by atomic mass is 10.2. The molecule has 0 saturated heterocycles. The first-order valence-electron chi connectivity index (χ1n) is 6.90. The van der Waals surface area contributed by atoms with Gasteiger partial charge in [-0.3, -0.25) is 14.7 Å². The fraction of sp³-hybridized carbons (Fsp3) is 0.0625. The number of anilines is 1. The van der Waals surface area contributed by atoms with Crippen molar-refractivity contribution in [2.45, 2.75) is 0 Å². The molecule has 2 amide bonds. The van der Waals surface area contributed by atoms with Gasteiger partial charge in [-0.05, 0) is 24.3 Å². The standard InChI is InChI=1S/C16H13ClN4O2/c17-10-4-3-5-11(8-10)19-14(22)9-18-16(23)15-12-6-1-2-7-13(12)20-21-15/h1-8H,9H2,(H,18,23)(H,19,22)(H,20,21). The van der Waals surface area contributed by atoms with E-state index < -0.39 is 5.91 Å². The van der Waals surface area contributed by atoms with Crippen LogP contribution >= 0.6 is 11.6 Å². The SMILES string of the molecule is O=C(CNC(=O)c1n[nH]c2ccccc12)Nc1cccc(Cl)c1. The normalized spacial score (nSPS) is 10.5. The van der Waals surface area contributed by atoms with Crippen LogP contribution in [0, 0.1) is 0 Å². The van der Waals surface area contributed by atoms with E-state index in [1.54, 1.807) is 30.3 Å². The number of amides is 2. The van der Waals surface area contributed by atoms with Gasteiger partial charge >= 0.3 is 0 Å². The van der Waals surface area contributed by atoms with E-state index in [9.17, 15) is 9.59 Å². The van der Waals surface area contributed by atoms with Crippen molar-refractivity contribution in [3.63, 3.8) is 0 Å². The third-order valence-corrected chi connectivity index (χ3v) is 3.44. The Hall–Kier alpha value is -2.86. The molecular formula is C16H13ClN4O2. The van der Waals surface area contributed by atoms with Crippen LogP contribution in [0.2, 0.25) is 5.02 Å². The number of H-pyrrole nitrogens is 1. The second-order valence-corrected chi connectivity index (χ2v) is 5.30. The van der Waals surface area contributed by atoms with E-state index in [4.69, 9.17) is 11.6 Å². The van der Waals surface area contributed by atoms with Gasteiger partial charge < -0.3 is 10.6 Å². The molecule has 3 N–H and O–H groups in total. The van der Waals surface area contributed by atoms with Crippen LogP contribution < -0.4 is 10.6 Å². The van der Waals surface area contributed by atoms with Crippen molar-refractivity contribution in [2.75, 3.05) is 11.9 Å². The van der Waals surface area contributed by atoms with Crippen molar-refractivity contribution in [1.82, 2.24) is 15.5 Å². The lowest BCUT2D eigenvalue weighted by molar-refractivity contribution is -0.115. The molecule has 6 nitrogen and oxygen atoms in total. The van der Waals surface area contributed by atoms with Crippen LogP contribution in [-0.2, 0) is 4.79 Å². The minimum atomic E-state index is -0.413. The predicted molar refractivity (Wildman–Crippen MR) is 88.5 cm³/mol. The molecular weight excluding hydrogens is 316 g/mol. The Morgan fingerprint density at radius 1 is 1.13 bits per heavy atom. The molecule has 7 heteroatoms. The topological polar surface area (TPSA) is 86.9 Å². The molecule has 0 spiro atoms. The maximum absolute atomic E-state index is 12.1. The number of aromatic amines is 1. The summed E-state index contributed by atoms with van der Waals surface area (Å²) in [6, 6.07) is 14.1. The Balaban J connectivity index is 1.61. The summed E-state index contributed by atoms with van der Waals surface area (Å²) in [4.78, 5) is 24.0. The summed E-state index contributed by atoms with van der Waals surface area (Å²) < 4.78 is 0. The summed E-state index contributed by atoms with van der Waals surface area (Å²) in [5.74, 6) is -0.760. The molecule has 0 bridgehead atoms.